The Morgan fingerprint density at radius 3 is 2.80 bits per heavy atom. The molecule has 2 N–H and O–H groups in total. The van der Waals surface area contributed by atoms with Crippen LogP contribution in [-0.2, 0) is 0 Å². The maximum atomic E-state index is 5.60. The van der Waals surface area contributed by atoms with Crippen LogP contribution in [0.25, 0.3) is 0 Å². The van der Waals surface area contributed by atoms with Gasteiger partial charge in [0.25, 0.3) is 0 Å². The molecule has 0 aliphatic rings. The molecule has 0 radical (unpaired) electrons. The zero-order valence-corrected chi connectivity index (χ0v) is 9.73. The molecule has 84 valence electrons. The molecule has 1 unspecified atom stereocenters. The van der Waals surface area contributed by atoms with E-state index in [1.54, 1.807) is 7.11 Å². The predicted molar refractivity (Wildman–Crippen MR) is 64.5 cm³/mol. The van der Waals surface area contributed by atoms with Crippen molar-refractivity contribution < 1.29 is 4.74 Å². The van der Waals surface area contributed by atoms with Gasteiger partial charge in [0.15, 0.2) is 0 Å². The van der Waals surface area contributed by atoms with E-state index in [4.69, 9.17) is 10.5 Å². The summed E-state index contributed by atoms with van der Waals surface area (Å²) in [5.74, 6) is 1.39. The molecule has 1 aromatic carbocycles. The maximum absolute atomic E-state index is 5.60. The molecule has 0 amide bonds. The topological polar surface area (TPSA) is 38.5 Å². The van der Waals surface area contributed by atoms with E-state index in [1.165, 1.54) is 0 Å². The molecular weight excluding hydrogens is 188 g/mol. The molecule has 0 aliphatic heterocycles. The van der Waals surface area contributed by atoms with E-state index in [9.17, 15) is 0 Å². The SMILES string of the molecule is COc1cccc(N(C)CC(C)CN)c1. The molecule has 1 aromatic rings. The fraction of sp³-hybridized carbons (Fsp3) is 0.500. The summed E-state index contributed by atoms with van der Waals surface area (Å²) in [6.45, 7) is 3.83. The van der Waals surface area contributed by atoms with Crippen molar-refractivity contribution in [2.75, 3.05) is 32.1 Å². The van der Waals surface area contributed by atoms with E-state index in [0.29, 0.717) is 12.5 Å². The highest BCUT2D eigenvalue weighted by atomic mass is 16.5. The van der Waals surface area contributed by atoms with Crippen molar-refractivity contribution in [1.29, 1.82) is 0 Å². The molecule has 3 heteroatoms. The molecule has 15 heavy (non-hydrogen) atoms. The van der Waals surface area contributed by atoms with Crippen LogP contribution in [0.3, 0.4) is 0 Å². The van der Waals surface area contributed by atoms with Crippen LogP contribution in [0.1, 0.15) is 6.92 Å². The van der Waals surface area contributed by atoms with Crippen molar-refractivity contribution in [3.05, 3.63) is 24.3 Å². The van der Waals surface area contributed by atoms with Crippen molar-refractivity contribution >= 4 is 5.69 Å². The summed E-state index contributed by atoms with van der Waals surface area (Å²) in [5.41, 5.74) is 6.76. The highest BCUT2D eigenvalue weighted by Crippen LogP contribution is 2.20. The second-order valence-corrected chi connectivity index (χ2v) is 3.92. The number of rotatable bonds is 5. The van der Waals surface area contributed by atoms with E-state index >= 15 is 0 Å². The van der Waals surface area contributed by atoms with Gasteiger partial charge in [0, 0.05) is 25.3 Å². The van der Waals surface area contributed by atoms with Crippen molar-refractivity contribution in [2.45, 2.75) is 6.92 Å². The van der Waals surface area contributed by atoms with Gasteiger partial charge in [-0.1, -0.05) is 13.0 Å². The van der Waals surface area contributed by atoms with Crippen LogP contribution in [0.5, 0.6) is 5.75 Å². The van der Waals surface area contributed by atoms with Gasteiger partial charge in [-0.25, -0.2) is 0 Å². The van der Waals surface area contributed by atoms with E-state index in [-0.39, 0.29) is 0 Å². The lowest BCUT2D eigenvalue weighted by Crippen LogP contribution is -2.28. The number of hydrogen-bond acceptors (Lipinski definition) is 3. The zero-order chi connectivity index (χ0) is 11.3. The molecule has 0 aromatic heterocycles. The standard InChI is InChI=1S/C12H20N2O/c1-10(8-13)9-14(2)11-5-4-6-12(7-11)15-3/h4-7,10H,8-9,13H2,1-3H3. The Labute approximate surface area is 91.8 Å². The Morgan fingerprint density at radius 1 is 1.47 bits per heavy atom. The minimum absolute atomic E-state index is 0.501. The molecule has 3 nitrogen and oxygen atoms in total. The van der Waals surface area contributed by atoms with Gasteiger partial charge in [-0.05, 0) is 24.6 Å². The van der Waals surface area contributed by atoms with Gasteiger partial charge < -0.3 is 15.4 Å². The second kappa shape index (κ2) is 5.61. The average Bonchev–Trinajstić information content (AvgIpc) is 2.28. The summed E-state index contributed by atoms with van der Waals surface area (Å²) >= 11 is 0. The first-order chi connectivity index (χ1) is 7.17. The Kier molecular flexibility index (Phi) is 4.43. The normalized spacial score (nSPS) is 12.3. The monoisotopic (exact) mass is 208 g/mol. The third kappa shape index (κ3) is 3.44. The third-order valence-corrected chi connectivity index (χ3v) is 2.48. The molecule has 0 heterocycles. The molecule has 0 aliphatic carbocycles. The van der Waals surface area contributed by atoms with Gasteiger partial charge in [-0.15, -0.1) is 0 Å². The highest BCUT2D eigenvalue weighted by Gasteiger charge is 2.06. The van der Waals surface area contributed by atoms with Crippen LogP contribution in [0.15, 0.2) is 24.3 Å². The fourth-order valence-corrected chi connectivity index (χ4v) is 1.50. The van der Waals surface area contributed by atoms with Crippen LogP contribution >= 0.6 is 0 Å². The molecule has 0 bridgehead atoms. The third-order valence-electron chi connectivity index (χ3n) is 2.48. The minimum Gasteiger partial charge on any atom is -0.497 e. The van der Waals surface area contributed by atoms with E-state index in [1.807, 2.05) is 18.2 Å². The maximum Gasteiger partial charge on any atom is 0.120 e. The quantitative estimate of drug-likeness (QED) is 0.801. The first kappa shape index (κ1) is 11.9. The van der Waals surface area contributed by atoms with E-state index in [0.717, 1.165) is 18.0 Å². The first-order valence-electron chi connectivity index (χ1n) is 5.22. The summed E-state index contributed by atoms with van der Waals surface area (Å²) in [6, 6.07) is 8.05. The summed E-state index contributed by atoms with van der Waals surface area (Å²) in [6.07, 6.45) is 0. The number of hydrogen-bond donors (Lipinski definition) is 1. The van der Waals surface area contributed by atoms with Crippen molar-refractivity contribution in [1.82, 2.24) is 0 Å². The summed E-state index contributed by atoms with van der Waals surface area (Å²) in [5, 5.41) is 0. The Balaban J connectivity index is 2.68. The summed E-state index contributed by atoms with van der Waals surface area (Å²) < 4.78 is 5.18. The van der Waals surface area contributed by atoms with Crippen LogP contribution in [0.4, 0.5) is 5.69 Å². The second-order valence-electron chi connectivity index (χ2n) is 3.92. The Bertz CT molecular complexity index is 301. The lowest BCUT2D eigenvalue weighted by atomic mass is 10.1. The molecule has 0 spiro atoms. The number of nitrogens with two attached hydrogens (primary N) is 1. The number of ether oxygens (including phenoxy) is 1. The lowest BCUT2D eigenvalue weighted by molar-refractivity contribution is 0.414. The highest BCUT2D eigenvalue weighted by molar-refractivity contribution is 5.50. The summed E-state index contributed by atoms with van der Waals surface area (Å²) in [7, 11) is 3.75. The Hall–Kier alpha value is -1.22. The molecule has 0 fully saturated rings. The minimum atomic E-state index is 0.501. The lowest BCUT2D eigenvalue weighted by Gasteiger charge is -2.23. The number of nitrogens with zero attached hydrogens (tertiary/aromatic N) is 1. The van der Waals surface area contributed by atoms with Crippen molar-refractivity contribution in [2.24, 2.45) is 11.7 Å². The largest absolute Gasteiger partial charge is 0.497 e. The van der Waals surface area contributed by atoms with Gasteiger partial charge in [0.2, 0.25) is 0 Å². The van der Waals surface area contributed by atoms with Gasteiger partial charge in [-0.2, -0.15) is 0 Å². The van der Waals surface area contributed by atoms with Gasteiger partial charge >= 0.3 is 0 Å². The van der Waals surface area contributed by atoms with Gasteiger partial charge in [0.05, 0.1) is 7.11 Å². The van der Waals surface area contributed by atoms with Gasteiger partial charge in [0.1, 0.15) is 5.75 Å². The van der Waals surface area contributed by atoms with Crippen LogP contribution < -0.4 is 15.4 Å². The van der Waals surface area contributed by atoms with Crippen LogP contribution in [-0.4, -0.2) is 27.2 Å². The van der Waals surface area contributed by atoms with Crippen molar-refractivity contribution in [3.63, 3.8) is 0 Å². The summed E-state index contributed by atoms with van der Waals surface area (Å²) in [4.78, 5) is 2.19. The molecule has 0 saturated carbocycles. The number of anilines is 1. The number of benzene rings is 1. The van der Waals surface area contributed by atoms with Crippen LogP contribution in [0.2, 0.25) is 0 Å². The molecule has 0 saturated heterocycles. The molecule has 1 atom stereocenters. The molecular formula is C12H20N2O. The number of methoxy groups -OCH3 is 1. The fourth-order valence-electron chi connectivity index (χ4n) is 1.50. The first-order valence-corrected chi connectivity index (χ1v) is 5.22. The van der Waals surface area contributed by atoms with Crippen LogP contribution in [0, 0.1) is 5.92 Å². The van der Waals surface area contributed by atoms with Gasteiger partial charge in [-0.3, -0.25) is 0 Å². The average molecular weight is 208 g/mol. The zero-order valence-electron chi connectivity index (χ0n) is 9.73. The van der Waals surface area contributed by atoms with Crippen molar-refractivity contribution in [3.8, 4) is 5.75 Å². The predicted octanol–water partition coefficient (Wildman–Crippen LogP) is 1.73. The Morgan fingerprint density at radius 2 is 2.20 bits per heavy atom. The van der Waals surface area contributed by atoms with E-state index < -0.39 is 0 Å². The van der Waals surface area contributed by atoms with E-state index in [2.05, 4.69) is 24.9 Å². The smallest absolute Gasteiger partial charge is 0.120 e. The molecule has 1 rings (SSSR count).